The zero-order chi connectivity index (χ0) is 9.68. The average molecular weight is 241 g/mol. The van der Waals surface area contributed by atoms with Gasteiger partial charge < -0.3 is 5.11 Å². The summed E-state index contributed by atoms with van der Waals surface area (Å²) in [4.78, 5) is 0. The van der Waals surface area contributed by atoms with Crippen LogP contribution in [0.3, 0.4) is 0 Å². The van der Waals surface area contributed by atoms with Crippen molar-refractivity contribution in [3.63, 3.8) is 0 Å². The maximum atomic E-state index is 9.68. The first-order chi connectivity index (χ1) is 6.24. The number of halogens is 1. The number of allylic oxidation sites excluding steroid dienone is 1. The molecule has 1 aromatic rings. The number of aliphatic hydroxyl groups excluding tert-OH is 1. The van der Waals surface area contributed by atoms with Crippen molar-refractivity contribution in [3.05, 3.63) is 46.5 Å². The van der Waals surface area contributed by atoms with Gasteiger partial charge >= 0.3 is 0 Å². The second kappa shape index (κ2) is 5.20. The van der Waals surface area contributed by atoms with Crippen LogP contribution in [0.1, 0.15) is 25.0 Å². The summed E-state index contributed by atoms with van der Waals surface area (Å²) in [5.41, 5.74) is 0.960. The van der Waals surface area contributed by atoms with Crippen LogP contribution in [0.5, 0.6) is 0 Å². The molecule has 1 unspecified atom stereocenters. The van der Waals surface area contributed by atoms with Gasteiger partial charge in [0.2, 0.25) is 0 Å². The largest absolute Gasteiger partial charge is 0.388 e. The molecule has 0 heterocycles. The van der Waals surface area contributed by atoms with Gasteiger partial charge in [-0.3, -0.25) is 0 Å². The number of hydrogen-bond donors (Lipinski definition) is 1. The van der Waals surface area contributed by atoms with Gasteiger partial charge in [0.1, 0.15) is 0 Å². The van der Waals surface area contributed by atoms with Crippen LogP contribution in [0.15, 0.2) is 40.9 Å². The summed E-state index contributed by atoms with van der Waals surface area (Å²) in [7, 11) is 0. The minimum absolute atomic E-state index is 0.385. The van der Waals surface area contributed by atoms with Crippen molar-refractivity contribution >= 4 is 15.9 Å². The lowest BCUT2D eigenvalue weighted by molar-refractivity contribution is 0.181. The van der Waals surface area contributed by atoms with Crippen LogP contribution in [0.4, 0.5) is 0 Å². The van der Waals surface area contributed by atoms with Crippen LogP contribution < -0.4 is 0 Å². The molecule has 2 heteroatoms. The lowest BCUT2D eigenvalue weighted by Gasteiger charge is -2.07. The first kappa shape index (κ1) is 10.5. The summed E-state index contributed by atoms with van der Waals surface area (Å²) in [6.07, 6.45) is 4.21. The zero-order valence-corrected chi connectivity index (χ0v) is 9.16. The maximum absolute atomic E-state index is 9.68. The molecular weight excluding hydrogens is 228 g/mol. The molecule has 0 aromatic heterocycles. The quantitative estimate of drug-likeness (QED) is 0.803. The van der Waals surface area contributed by atoms with E-state index in [4.69, 9.17) is 0 Å². The van der Waals surface area contributed by atoms with Crippen LogP contribution in [-0.4, -0.2) is 5.11 Å². The van der Waals surface area contributed by atoms with Gasteiger partial charge in [-0.15, -0.1) is 0 Å². The third-order valence-electron chi connectivity index (χ3n) is 1.85. The van der Waals surface area contributed by atoms with Crippen molar-refractivity contribution in [1.82, 2.24) is 0 Å². The number of hydrogen-bond acceptors (Lipinski definition) is 1. The van der Waals surface area contributed by atoms with E-state index in [1.165, 1.54) is 0 Å². The summed E-state index contributed by atoms with van der Waals surface area (Å²) in [6, 6.07) is 7.74. The van der Waals surface area contributed by atoms with Crippen LogP contribution in [-0.2, 0) is 0 Å². The molecule has 0 fully saturated rings. The van der Waals surface area contributed by atoms with E-state index in [1.807, 2.05) is 43.3 Å². The Kier molecular flexibility index (Phi) is 4.19. The standard InChI is InChI=1S/C11H13BrO/c1-2-3-4-11(13)9-5-7-10(12)8-6-9/h2-3,5-8,11,13H,4H2,1H3/b3-2+. The van der Waals surface area contributed by atoms with Gasteiger partial charge in [0.25, 0.3) is 0 Å². The minimum Gasteiger partial charge on any atom is -0.388 e. The molecule has 0 aliphatic rings. The normalized spacial score (nSPS) is 13.5. The predicted octanol–water partition coefficient (Wildman–Crippen LogP) is 3.45. The Morgan fingerprint density at radius 3 is 2.54 bits per heavy atom. The second-order valence-corrected chi connectivity index (χ2v) is 3.79. The van der Waals surface area contributed by atoms with Gasteiger partial charge in [-0.2, -0.15) is 0 Å². The minimum atomic E-state index is -0.385. The summed E-state index contributed by atoms with van der Waals surface area (Å²) in [6.45, 7) is 1.95. The Balaban J connectivity index is 2.66. The van der Waals surface area contributed by atoms with E-state index in [0.29, 0.717) is 6.42 Å². The Bertz CT molecular complexity index is 277. The van der Waals surface area contributed by atoms with Crippen molar-refractivity contribution < 1.29 is 5.11 Å². The van der Waals surface area contributed by atoms with E-state index >= 15 is 0 Å². The fourth-order valence-electron chi connectivity index (χ4n) is 1.09. The number of aliphatic hydroxyl groups is 1. The van der Waals surface area contributed by atoms with Gasteiger partial charge in [-0.05, 0) is 31.0 Å². The molecule has 70 valence electrons. The summed E-state index contributed by atoms with van der Waals surface area (Å²) in [5, 5.41) is 9.68. The van der Waals surface area contributed by atoms with E-state index in [-0.39, 0.29) is 6.10 Å². The van der Waals surface area contributed by atoms with E-state index in [2.05, 4.69) is 15.9 Å². The Hall–Kier alpha value is -0.600. The molecule has 1 rings (SSSR count). The molecule has 13 heavy (non-hydrogen) atoms. The van der Waals surface area contributed by atoms with Gasteiger partial charge in [-0.1, -0.05) is 40.2 Å². The molecule has 0 saturated carbocycles. The third kappa shape index (κ3) is 3.33. The highest BCUT2D eigenvalue weighted by atomic mass is 79.9. The first-order valence-electron chi connectivity index (χ1n) is 4.28. The Morgan fingerprint density at radius 2 is 2.00 bits per heavy atom. The van der Waals surface area contributed by atoms with Crippen molar-refractivity contribution in [1.29, 1.82) is 0 Å². The zero-order valence-electron chi connectivity index (χ0n) is 7.57. The van der Waals surface area contributed by atoms with Crippen molar-refractivity contribution in [2.75, 3.05) is 0 Å². The van der Waals surface area contributed by atoms with Crippen molar-refractivity contribution in [2.45, 2.75) is 19.4 Å². The first-order valence-corrected chi connectivity index (χ1v) is 5.08. The number of benzene rings is 1. The highest BCUT2D eigenvalue weighted by molar-refractivity contribution is 9.10. The molecule has 0 aliphatic carbocycles. The molecule has 0 bridgehead atoms. The monoisotopic (exact) mass is 240 g/mol. The van der Waals surface area contributed by atoms with Gasteiger partial charge in [0, 0.05) is 4.47 Å². The maximum Gasteiger partial charge on any atom is 0.0824 e. The van der Waals surface area contributed by atoms with Crippen LogP contribution >= 0.6 is 15.9 Å². The Morgan fingerprint density at radius 1 is 1.38 bits per heavy atom. The van der Waals surface area contributed by atoms with E-state index in [9.17, 15) is 5.11 Å². The summed E-state index contributed by atoms with van der Waals surface area (Å²) < 4.78 is 1.04. The molecule has 1 nitrogen and oxygen atoms in total. The van der Waals surface area contributed by atoms with Crippen LogP contribution in [0.25, 0.3) is 0 Å². The predicted molar refractivity (Wildman–Crippen MR) is 58.5 cm³/mol. The molecule has 0 amide bonds. The highest BCUT2D eigenvalue weighted by Gasteiger charge is 2.03. The van der Waals surface area contributed by atoms with Crippen molar-refractivity contribution in [2.24, 2.45) is 0 Å². The molecule has 1 aromatic carbocycles. The Labute approximate surface area is 87.2 Å². The van der Waals surface area contributed by atoms with Gasteiger partial charge in [-0.25, -0.2) is 0 Å². The SMILES string of the molecule is C/C=C/CC(O)c1ccc(Br)cc1. The molecule has 0 radical (unpaired) electrons. The molecule has 1 atom stereocenters. The molecule has 1 N–H and O–H groups in total. The lowest BCUT2D eigenvalue weighted by atomic mass is 10.1. The fourth-order valence-corrected chi connectivity index (χ4v) is 1.35. The topological polar surface area (TPSA) is 20.2 Å². The molecule has 0 saturated heterocycles. The highest BCUT2D eigenvalue weighted by Crippen LogP contribution is 2.19. The molecule has 0 aliphatic heterocycles. The molecular formula is C11H13BrO. The van der Waals surface area contributed by atoms with E-state index in [0.717, 1.165) is 10.0 Å². The summed E-state index contributed by atoms with van der Waals surface area (Å²) >= 11 is 3.35. The van der Waals surface area contributed by atoms with E-state index < -0.39 is 0 Å². The van der Waals surface area contributed by atoms with E-state index in [1.54, 1.807) is 0 Å². The third-order valence-corrected chi connectivity index (χ3v) is 2.38. The van der Waals surface area contributed by atoms with Gasteiger partial charge in [0.15, 0.2) is 0 Å². The van der Waals surface area contributed by atoms with Crippen LogP contribution in [0.2, 0.25) is 0 Å². The van der Waals surface area contributed by atoms with Crippen molar-refractivity contribution in [3.8, 4) is 0 Å². The summed E-state index contributed by atoms with van der Waals surface area (Å²) in [5.74, 6) is 0. The average Bonchev–Trinajstić information content (AvgIpc) is 2.15. The van der Waals surface area contributed by atoms with Crippen LogP contribution in [0, 0.1) is 0 Å². The molecule has 0 spiro atoms. The lowest BCUT2D eigenvalue weighted by Crippen LogP contribution is -1.94. The second-order valence-electron chi connectivity index (χ2n) is 2.87. The number of rotatable bonds is 3. The van der Waals surface area contributed by atoms with Gasteiger partial charge in [0.05, 0.1) is 6.10 Å². The fraction of sp³-hybridized carbons (Fsp3) is 0.273. The smallest absolute Gasteiger partial charge is 0.0824 e.